The highest BCUT2D eigenvalue weighted by Gasteiger charge is 2.17. The van der Waals surface area contributed by atoms with Gasteiger partial charge in [0.1, 0.15) is 0 Å². The molecule has 0 spiro atoms. The zero-order valence-electron chi connectivity index (χ0n) is 10.1. The Bertz CT molecular complexity index is 378. The predicted molar refractivity (Wildman–Crippen MR) is 66.6 cm³/mol. The molecule has 0 aliphatic carbocycles. The molecule has 2 N–H and O–H groups in total. The monoisotopic (exact) mass is 243 g/mol. The third-order valence-electron chi connectivity index (χ3n) is 2.41. The number of hydrogen-bond acceptors (Lipinski definition) is 3. The maximum Gasteiger partial charge on any atom is 0.165 e. The SMILES string of the molecule is COc1cc(C)c(Cl)c(CC(C)N)c1OC. The quantitative estimate of drug-likeness (QED) is 0.884. The molecule has 0 saturated heterocycles. The second-order valence-electron chi connectivity index (χ2n) is 3.90. The van der Waals surface area contributed by atoms with Crippen LogP contribution < -0.4 is 15.2 Å². The summed E-state index contributed by atoms with van der Waals surface area (Å²) in [6, 6.07) is 1.89. The standard InChI is InChI=1S/C12H18ClNO2/c1-7-5-10(15-3)12(16-4)9(11(7)13)6-8(2)14/h5,8H,6,14H2,1-4H3. The van der Waals surface area contributed by atoms with Crippen LogP contribution in [-0.2, 0) is 6.42 Å². The van der Waals surface area contributed by atoms with Gasteiger partial charge in [-0.15, -0.1) is 0 Å². The topological polar surface area (TPSA) is 44.5 Å². The number of methoxy groups -OCH3 is 2. The number of nitrogens with two attached hydrogens (primary N) is 1. The van der Waals surface area contributed by atoms with Crippen LogP contribution >= 0.6 is 11.6 Å². The van der Waals surface area contributed by atoms with Gasteiger partial charge in [-0.3, -0.25) is 0 Å². The lowest BCUT2D eigenvalue weighted by Crippen LogP contribution is -2.18. The van der Waals surface area contributed by atoms with Crippen LogP contribution in [-0.4, -0.2) is 20.3 Å². The Morgan fingerprint density at radius 3 is 2.44 bits per heavy atom. The highest BCUT2D eigenvalue weighted by Crippen LogP contribution is 2.38. The van der Waals surface area contributed by atoms with Crippen molar-refractivity contribution in [2.24, 2.45) is 5.73 Å². The number of hydrogen-bond donors (Lipinski definition) is 1. The van der Waals surface area contributed by atoms with Crippen LogP contribution in [0.2, 0.25) is 5.02 Å². The molecule has 0 aromatic heterocycles. The lowest BCUT2D eigenvalue weighted by molar-refractivity contribution is 0.351. The molecule has 90 valence electrons. The maximum absolute atomic E-state index is 6.26. The summed E-state index contributed by atoms with van der Waals surface area (Å²) in [7, 11) is 3.22. The fraction of sp³-hybridized carbons (Fsp3) is 0.500. The zero-order valence-corrected chi connectivity index (χ0v) is 10.9. The lowest BCUT2D eigenvalue weighted by Gasteiger charge is -2.17. The van der Waals surface area contributed by atoms with Crippen LogP contribution in [0.5, 0.6) is 11.5 Å². The van der Waals surface area contributed by atoms with Gasteiger partial charge in [0.15, 0.2) is 11.5 Å². The average Bonchev–Trinajstić information content (AvgIpc) is 2.23. The molecule has 0 saturated carbocycles. The van der Waals surface area contributed by atoms with E-state index >= 15 is 0 Å². The minimum absolute atomic E-state index is 0.0258. The first-order chi connectivity index (χ1) is 7.51. The summed E-state index contributed by atoms with van der Waals surface area (Å²) in [6.07, 6.45) is 0.667. The largest absolute Gasteiger partial charge is 0.493 e. The first kappa shape index (κ1) is 13.1. The van der Waals surface area contributed by atoms with Crippen LogP contribution in [0.4, 0.5) is 0 Å². The number of halogens is 1. The minimum atomic E-state index is 0.0258. The van der Waals surface area contributed by atoms with Crippen molar-refractivity contribution in [3.05, 3.63) is 22.2 Å². The van der Waals surface area contributed by atoms with E-state index in [0.29, 0.717) is 22.9 Å². The van der Waals surface area contributed by atoms with Crippen LogP contribution in [0.3, 0.4) is 0 Å². The van der Waals surface area contributed by atoms with Crippen molar-refractivity contribution in [3.8, 4) is 11.5 Å². The zero-order chi connectivity index (χ0) is 12.3. The molecule has 1 rings (SSSR count). The van der Waals surface area contributed by atoms with Crippen molar-refractivity contribution in [1.82, 2.24) is 0 Å². The van der Waals surface area contributed by atoms with Gasteiger partial charge in [0.2, 0.25) is 0 Å². The molecule has 0 amide bonds. The van der Waals surface area contributed by atoms with Gasteiger partial charge in [-0.1, -0.05) is 11.6 Å². The Kier molecular flexibility index (Phi) is 4.44. The molecular weight excluding hydrogens is 226 g/mol. The molecule has 1 aromatic carbocycles. The fourth-order valence-corrected chi connectivity index (χ4v) is 1.91. The molecule has 0 aliphatic rings. The van der Waals surface area contributed by atoms with Gasteiger partial charge in [0.25, 0.3) is 0 Å². The van der Waals surface area contributed by atoms with Gasteiger partial charge in [-0.05, 0) is 31.9 Å². The Labute approximate surface area is 101 Å². The maximum atomic E-state index is 6.26. The molecule has 4 heteroatoms. The summed E-state index contributed by atoms with van der Waals surface area (Å²) in [6.45, 7) is 3.87. The Morgan fingerprint density at radius 2 is 2.00 bits per heavy atom. The van der Waals surface area contributed by atoms with E-state index in [-0.39, 0.29) is 6.04 Å². The molecule has 0 heterocycles. The molecule has 0 fully saturated rings. The molecule has 0 radical (unpaired) electrons. The van der Waals surface area contributed by atoms with Gasteiger partial charge in [0.05, 0.1) is 19.2 Å². The van der Waals surface area contributed by atoms with Gasteiger partial charge < -0.3 is 15.2 Å². The van der Waals surface area contributed by atoms with Gasteiger partial charge in [-0.25, -0.2) is 0 Å². The second-order valence-corrected chi connectivity index (χ2v) is 4.28. The molecule has 1 atom stereocenters. The lowest BCUT2D eigenvalue weighted by atomic mass is 10.0. The van der Waals surface area contributed by atoms with Gasteiger partial charge in [-0.2, -0.15) is 0 Å². The molecule has 0 bridgehead atoms. The third kappa shape index (κ3) is 2.60. The second kappa shape index (κ2) is 5.41. The number of ether oxygens (including phenoxy) is 2. The van der Waals surface area contributed by atoms with E-state index in [9.17, 15) is 0 Å². The first-order valence-corrected chi connectivity index (χ1v) is 5.54. The van der Waals surface area contributed by atoms with E-state index in [1.54, 1.807) is 14.2 Å². The van der Waals surface area contributed by atoms with E-state index < -0.39 is 0 Å². The average molecular weight is 244 g/mol. The van der Waals surface area contributed by atoms with Crippen molar-refractivity contribution in [1.29, 1.82) is 0 Å². The molecule has 16 heavy (non-hydrogen) atoms. The van der Waals surface area contributed by atoms with Crippen LogP contribution in [0.25, 0.3) is 0 Å². The Hall–Kier alpha value is -0.930. The summed E-state index contributed by atoms with van der Waals surface area (Å²) in [4.78, 5) is 0. The number of rotatable bonds is 4. The summed E-state index contributed by atoms with van der Waals surface area (Å²) < 4.78 is 10.6. The molecule has 0 aliphatic heterocycles. The molecular formula is C12H18ClNO2. The Balaban J connectivity index is 3.34. The van der Waals surface area contributed by atoms with Crippen molar-refractivity contribution in [2.75, 3.05) is 14.2 Å². The van der Waals surface area contributed by atoms with Crippen LogP contribution in [0, 0.1) is 6.92 Å². The predicted octanol–water partition coefficient (Wildman–Crippen LogP) is 2.56. The smallest absolute Gasteiger partial charge is 0.165 e. The molecule has 3 nitrogen and oxygen atoms in total. The summed E-state index contributed by atoms with van der Waals surface area (Å²) in [5.74, 6) is 1.37. The highest BCUT2D eigenvalue weighted by atomic mass is 35.5. The van der Waals surface area contributed by atoms with Crippen LogP contribution in [0.15, 0.2) is 6.07 Å². The van der Waals surface area contributed by atoms with Crippen molar-refractivity contribution >= 4 is 11.6 Å². The normalized spacial score (nSPS) is 12.4. The van der Waals surface area contributed by atoms with E-state index in [4.69, 9.17) is 26.8 Å². The van der Waals surface area contributed by atoms with Crippen molar-refractivity contribution in [3.63, 3.8) is 0 Å². The van der Waals surface area contributed by atoms with Crippen molar-refractivity contribution < 1.29 is 9.47 Å². The number of benzene rings is 1. The van der Waals surface area contributed by atoms with Gasteiger partial charge >= 0.3 is 0 Å². The van der Waals surface area contributed by atoms with E-state index in [1.807, 2.05) is 19.9 Å². The van der Waals surface area contributed by atoms with E-state index in [2.05, 4.69) is 0 Å². The van der Waals surface area contributed by atoms with Crippen LogP contribution in [0.1, 0.15) is 18.1 Å². The minimum Gasteiger partial charge on any atom is -0.493 e. The highest BCUT2D eigenvalue weighted by molar-refractivity contribution is 6.32. The summed E-state index contributed by atoms with van der Waals surface area (Å²) in [5.41, 5.74) is 7.68. The first-order valence-electron chi connectivity index (χ1n) is 5.16. The molecule has 1 unspecified atom stereocenters. The van der Waals surface area contributed by atoms with E-state index in [0.717, 1.165) is 11.1 Å². The Morgan fingerprint density at radius 1 is 1.38 bits per heavy atom. The summed E-state index contributed by atoms with van der Waals surface area (Å²) >= 11 is 6.26. The molecule has 1 aromatic rings. The summed E-state index contributed by atoms with van der Waals surface area (Å²) in [5, 5.41) is 0.704. The number of aryl methyl sites for hydroxylation is 1. The van der Waals surface area contributed by atoms with Gasteiger partial charge in [0, 0.05) is 11.6 Å². The van der Waals surface area contributed by atoms with Crippen molar-refractivity contribution in [2.45, 2.75) is 26.3 Å². The third-order valence-corrected chi connectivity index (χ3v) is 2.93. The fourth-order valence-electron chi connectivity index (χ4n) is 1.69. The van der Waals surface area contributed by atoms with E-state index in [1.165, 1.54) is 0 Å².